The molecule has 0 aromatic carbocycles. The molecular weight excluding hydrogens is 456 g/mol. The second-order valence-electron chi connectivity index (χ2n) is 16.6. The summed E-state index contributed by atoms with van der Waals surface area (Å²) >= 11 is 0. The van der Waals surface area contributed by atoms with E-state index in [-0.39, 0.29) is 11.1 Å². The average Bonchev–Trinajstić information content (AvgIpc) is 3.10. The summed E-state index contributed by atoms with van der Waals surface area (Å²) in [6.45, 7) is 24.5. The van der Waals surface area contributed by atoms with Crippen molar-refractivity contribution in [3.8, 4) is 0 Å². The molecule has 0 aromatic heterocycles. The quantitative estimate of drug-likeness (QED) is 0.340. The lowest BCUT2D eigenvalue weighted by Crippen LogP contribution is -2.59. The Kier molecular flexibility index (Phi) is 8.31. The van der Waals surface area contributed by atoms with Gasteiger partial charge in [0.05, 0.1) is 6.10 Å². The number of aliphatic hydroxyl groups is 1. The first-order valence-corrected chi connectivity index (χ1v) is 18.9. The maximum Gasteiger partial charge on any atom is 0.192 e. The second-order valence-corrected chi connectivity index (χ2v) is 21.4. The molecule has 0 saturated heterocycles. The second kappa shape index (κ2) is 10.3. The van der Waals surface area contributed by atoms with Crippen molar-refractivity contribution in [2.75, 3.05) is 0 Å². The minimum Gasteiger partial charge on any atom is -0.414 e. The summed E-state index contributed by atoms with van der Waals surface area (Å²) in [4.78, 5) is 0. The van der Waals surface area contributed by atoms with Crippen LogP contribution in [0.2, 0.25) is 18.1 Å². The van der Waals surface area contributed by atoms with E-state index in [1.54, 1.807) is 0 Å². The molecule has 36 heavy (non-hydrogen) atoms. The molecule has 4 rings (SSSR count). The lowest BCUT2D eigenvalue weighted by atomic mass is 9.43. The SMILES string of the molecule is CC(C)CCC[C@@H](C)[C@H]1CC[C@H]2[C@@H]3[C@H](O)C[C@H]4C[C@@H](O[Si](C)(C)C(C)(C)C)CC[C@]4(C)[C@H]3CC[C@]12C. The Morgan fingerprint density at radius 1 is 0.889 bits per heavy atom. The van der Waals surface area contributed by atoms with Crippen LogP contribution in [0.5, 0.6) is 0 Å². The van der Waals surface area contributed by atoms with E-state index in [1.807, 2.05) is 0 Å². The molecule has 10 atom stereocenters. The highest BCUT2D eigenvalue weighted by atomic mass is 28.4. The van der Waals surface area contributed by atoms with E-state index in [9.17, 15) is 5.11 Å². The van der Waals surface area contributed by atoms with Crippen molar-refractivity contribution >= 4 is 8.32 Å². The average molecular weight is 519 g/mol. The standard InChI is InChI=1S/C33H62O2Si/c1-22(2)12-11-13-23(3)26-14-15-27-30-28(17-19-33(26,27)8)32(7)18-16-25(20-24(32)21-29(30)34)35-36(9,10)31(4,5)6/h22-30,34H,11-21H2,1-10H3/t23-,24-,25+,26-,27+,28+,29-,30+,32+,33-/m1/s1. The molecule has 0 heterocycles. The zero-order valence-corrected chi connectivity index (χ0v) is 26.8. The first-order chi connectivity index (χ1) is 16.6. The predicted octanol–water partition coefficient (Wildman–Crippen LogP) is 9.47. The molecular formula is C33H62O2Si. The zero-order valence-electron chi connectivity index (χ0n) is 25.8. The maximum absolute atomic E-state index is 11.8. The van der Waals surface area contributed by atoms with Crippen LogP contribution < -0.4 is 0 Å². The van der Waals surface area contributed by atoms with Gasteiger partial charge in [-0.1, -0.05) is 74.7 Å². The van der Waals surface area contributed by atoms with Gasteiger partial charge < -0.3 is 9.53 Å². The van der Waals surface area contributed by atoms with Gasteiger partial charge in [0.15, 0.2) is 8.32 Å². The Balaban J connectivity index is 1.46. The van der Waals surface area contributed by atoms with E-state index in [2.05, 4.69) is 68.5 Å². The van der Waals surface area contributed by atoms with Crippen LogP contribution in [0.4, 0.5) is 0 Å². The van der Waals surface area contributed by atoms with Crippen LogP contribution in [0.1, 0.15) is 126 Å². The lowest BCUT2D eigenvalue weighted by Gasteiger charge is -2.63. The van der Waals surface area contributed by atoms with Gasteiger partial charge >= 0.3 is 0 Å². The smallest absolute Gasteiger partial charge is 0.192 e. The molecule has 0 radical (unpaired) electrons. The van der Waals surface area contributed by atoms with Crippen LogP contribution in [0, 0.1) is 52.3 Å². The normalized spacial score (nSPS) is 44.2. The Bertz CT molecular complexity index is 755. The Labute approximate surface area is 226 Å². The lowest BCUT2D eigenvalue weighted by molar-refractivity contribution is -0.173. The highest BCUT2D eigenvalue weighted by molar-refractivity contribution is 6.74. The first-order valence-electron chi connectivity index (χ1n) is 16.0. The van der Waals surface area contributed by atoms with Gasteiger partial charge in [-0.15, -0.1) is 0 Å². The largest absolute Gasteiger partial charge is 0.414 e. The summed E-state index contributed by atoms with van der Waals surface area (Å²) in [6.07, 6.45) is 14.7. The molecule has 2 nitrogen and oxygen atoms in total. The third-order valence-electron chi connectivity index (χ3n) is 13.1. The molecule has 0 unspecified atom stereocenters. The van der Waals surface area contributed by atoms with Crippen LogP contribution in [0.15, 0.2) is 0 Å². The van der Waals surface area contributed by atoms with Crippen molar-refractivity contribution in [2.45, 2.75) is 156 Å². The number of fused-ring (bicyclic) bond motifs is 5. The molecule has 4 aliphatic rings. The van der Waals surface area contributed by atoms with E-state index < -0.39 is 8.32 Å². The van der Waals surface area contributed by atoms with Gasteiger partial charge in [0.25, 0.3) is 0 Å². The highest BCUT2D eigenvalue weighted by Gasteiger charge is 2.63. The van der Waals surface area contributed by atoms with Crippen LogP contribution in [-0.4, -0.2) is 25.6 Å². The Morgan fingerprint density at radius 2 is 1.53 bits per heavy atom. The number of hydrogen-bond acceptors (Lipinski definition) is 2. The molecule has 3 heteroatoms. The Hall–Kier alpha value is 0.137. The van der Waals surface area contributed by atoms with E-state index in [1.165, 1.54) is 64.2 Å². The summed E-state index contributed by atoms with van der Waals surface area (Å²) < 4.78 is 6.94. The molecule has 0 aromatic rings. The molecule has 210 valence electrons. The summed E-state index contributed by atoms with van der Waals surface area (Å²) in [6, 6.07) is 0. The van der Waals surface area contributed by atoms with Gasteiger partial charge in [-0.05, 0) is 122 Å². The maximum atomic E-state index is 11.8. The van der Waals surface area contributed by atoms with Crippen LogP contribution in [-0.2, 0) is 4.43 Å². The van der Waals surface area contributed by atoms with Gasteiger partial charge in [0, 0.05) is 6.10 Å². The minimum absolute atomic E-state index is 0.0979. The molecule has 0 amide bonds. The van der Waals surface area contributed by atoms with Crippen molar-refractivity contribution in [2.24, 2.45) is 52.3 Å². The molecule has 0 aliphatic heterocycles. The molecule has 4 fully saturated rings. The topological polar surface area (TPSA) is 29.5 Å². The van der Waals surface area contributed by atoms with Gasteiger partial charge in [0.2, 0.25) is 0 Å². The van der Waals surface area contributed by atoms with E-state index in [0.717, 1.165) is 30.1 Å². The summed E-state index contributed by atoms with van der Waals surface area (Å²) in [5, 5.41) is 12.0. The van der Waals surface area contributed by atoms with Crippen LogP contribution in [0.25, 0.3) is 0 Å². The molecule has 0 spiro atoms. The molecule has 0 bridgehead atoms. The fraction of sp³-hybridized carbons (Fsp3) is 1.00. The number of rotatable bonds is 7. The predicted molar refractivity (Wildman–Crippen MR) is 157 cm³/mol. The fourth-order valence-corrected chi connectivity index (χ4v) is 11.3. The van der Waals surface area contributed by atoms with Crippen molar-refractivity contribution in [1.82, 2.24) is 0 Å². The van der Waals surface area contributed by atoms with Crippen molar-refractivity contribution in [3.05, 3.63) is 0 Å². The summed E-state index contributed by atoms with van der Waals surface area (Å²) in [5.74, 6) is 5.15. The fourth-order valence-electron chi connectivity index (χ4n) is 9.91. The Morgan fingerprint density at radius 3 is 2.17 bits per heavy atom. The van der Waals surface area contributed by atoms with Crippen molar-refractivity contribution < 1.29 is 9.53 Å². The van der Waals surface area contributed by atoms with E-state index in [4.69, 9.17) is 4.43 Å². The number of hydrogen-bond donors (Lipinski definition) is 1. The number of aliphatic hydroxyl groups excluding tert-OH is 1. The summed E-state index contributed by atoms with van der Waals surface area (Å²) in [7, 11) is -1.75. The first kappa shape index (κ1) is 29.1. The van der Waals surface area contributed by atoms with Crippen LogP contribution in [0.3, 0.4) is 0 Å². The van der Waals surface area contributed by atoms with Gasteiger partial charge in [-0.2, -0.15) is 0 Å². The molecule has 4 saturated carbocycles. The third kappa shape index (κ3) is 5.17. The van der Waals surface area contributed by atoms with Crippen molar-refractivity contribution in [3.63, 3.8) is 0 Å². The van der Waals surface area contributed by atoms with Crippen molar-refractivity contribution in [1.29, 1.82) is 0 Å². The monoisotopic (exact) mass is 518 g/mol. The van der Waals surface area contributed by atoms with E-state index in [0.29, 0.717) is 34.7 Å². The van der Waals surface area contributed by atoms with Gasteiger partial charge in [-0.25, -0.2) is 0 Å². The van der Waals surface area contributed by atoms with Crippen LogP contribution >= 0.6 is 0 Å². The zero-order chi connectivity index (χ0) is 26.7. The van der Waals surface area contributed by atoms with E-state index >= 15 is 0 Å². The molecule has 4 aliphatic carbocycles. The van der Waals surface area contributed by atoms with Gasteiger partial charge in [0.1, 0.15) is 0 Å². The molecule has 1 N–H and O–H groups in total. The minimum atomic E-state index is -1.75. The summed E-state index contributed by atoms with van der Waals surface area (Å²) in [5.41, 5.74) is 0.852. The third-order valence-corrected chi connectivity index (χ3v) is 17.6. The highest BCUT2D eigenvalue weighted by Crippen LogP contribution is 2.68. The van der Waals surface area contributed by atoms with Gasteiger partial charge in [-0.3, -0.25) is 0 Å².